The molecule has 0 aromatic carbocycles. The van der Waals surface area contributed by atoms with Crippen LogP contribution in [0.2, 0.25) is 0 Å². The molecule has 0 fully saturated rings. The molecule has 13 heavy (non-hydrogen) atoms. The first-order valence-electron chi connectivity index (χ1n) is 4.91. The monoisotopic (exact) mass is 188 g/mol. The van der Waals surface area contributed by atoms with E-state index in [2.05, 4.69) is 0 Å². The molecule has 0 heterocycles. The zero-order valence-corrected chi connectivity index (χ0v) is 8.84. The fraction of sp³-hybridized carbons (Fsp3) is 0.900. The largest absolute Gasteiger partial charge is 0.379 e. The van der Waals surface area contributed by atoms with E-state index in [-0.39, 0.29) is 18.5 Å². The predicted octanol–water partition coefficient (Wildman–Crippen LogP) is 1.80. The van der Waals surface area contributed by atoms with Gasteiger partial charge in [-0.25, -0.2) is 0 Å². The summed E-state index contributed by atoms with van der Waals surface area (Å²) in [5.41, 5.74) is 0. The molecule has 3 nitrogen and oxygen atoms in total. The Hall–Kier alpha value is -0.410. The minimum Gasteiger partial charge on any atom is -0.379 e. The van der Waals surface area contributed by atoms with Crippen molar-refractivity contribution in [1.29, 1.82) is 0 Å². The fourth-order valence-electron chi connectivity index (χ4n) is 0.918. The Morgan fingerprint density at radius 1 is 1.38 bits per heavy atom. The van der Waals surface area contributed by atoms with E-state index in [0.29, 0.717) is 19.6 Å². The van der Waals surface area contributed by atoms with Gasteiger partial charge in [0.25, 0.3) is 0 Å². The van der Waals surface area contributed by atoms with E-state index in [0.717, 1.165) is 6.42 Å². The molecule has 0 aliphatic heterocycles. The average Bonchev–Trinajstić information content (AvgIpc) is 2.12. The predicted molar refractivity (Wildman–Crippen MR) is 51.8 cm³/mol. The van der Waals surface area contributed by atoms with Crippen molar-refractivity contribution in [3.05, 3.63) is 0 Å². The topological polar surface area (TPSA) is 35.5 Å². The first-order valence-corrected chi connectivity index (χ1v) is 4.91. The van der Waals surface area contributed by atoms with Crippen LogP contribution in [0, 0.1) is 0 Å². The molecule has 3 heteroatoms. The van der Waals surface area contributed by atoms with Crippen LogP contribution in [0.15, 0.2) is 0 Å². The van der Waals surface area contributed by atoms with Gasteiger partial charge in [0.15, 0.2) is 5.78 Å². The lowest BCUT2D eigenvalue weighted by atomic mass is 10.2. The third-order valence-electron chi connectivity index (χ3n) is 1.61. The highest BCUT2D eigenvalue weighted by Gasteiger charge is 2.05. The van der Waals surface area contributed by atoms with E-state index >= 15 is 0 Å². The Kier molecular flexibility index (Phi) is 7.94. The van der Waals surface area contributed by atoms with Crippen LogP contribution in [0.25, 0.3) is 0 Å². The summed E-state index contributed by atoms with van der Waals surface area (Å²) in [5, 5.41) is 0. The highest BCUT2D eigenvalue weighted by atomic mass is 16.5. The van der Waals surface area contributed by atoms with Gasteiger partial charge in [0, 0.05) is 13.0 Å². The minimum atomic E-state index is 0.0146. The zero-order chi connectivity index (χ0) is 10.1. The Morgan fingerprint density at radius 2 is 2.08 bits per heavy atom. The van der Waals surface area contributed by atoms with Crippen molar-refractivity contribution >= 4 is 5.78 Å². The van der Waals surface area contributed by atoms with Crippen molar-refractivity contribution in [1.82, 2.24) is 0 Å². The smallest absolute Gasteiger partial charge is 0.158 e. The van der Waals surface area contributed by atoms with Crippen LogP contribution in [-0.2, 0) is 14.3 Å². The molecule has 0 amide bonds. The van der Waals surface area contributed by atoms with E-state index in [1.165, 1.54) is 0 Å². The Morgan fingerprint density at radius 3 is 2.62 bits per heavy atom. The van der Waals surface area contributed by atoms with Crippen LogP contribution in [0.4, 0.5) is 0 Å². The van der Waals surface area contributed by atoms with Gasteiger partial charge in [-0.1, -0.05) is 6.92 Å². The van der Waals surface area contributed by atoms with Crippen LogP contribution in [0.3, 0.4) is 0 Å². The molecule has 1 unspecified atom stereocenters. The first-order chi connectivity index (χ1) is 6.20. The fourth-order valence-corrected chi connectivity index (χ4v) is 0.918. The summed E-state index contributed by atoms with van der Waals surface area (Å²) in [4.78, 5) is 11.1. The molecule has 0 bridgehead atoms. The number of hydrogen-bond donors (Lipinski definition) is 0. The van der Waals surface area contributed by atoms with Crippen molar-refractivity contribution in [3.63, 3.8) is 0 Å². The van der Waals surface area contributed by atoms with Gasteiger partial charge in [-0.3, -0.25) is 4.79 Å². The van der Waals surface area contributed by atoms with Gasteiger partial charge in [0.05, 0.1) is 12.7 Å². The summed E-state index contributed by atoms with van der Waals surface area (Å²) in [6.45, 7) is 7.32. The highest BCUT2D eigenvalue weighted by Crippen LogP contribution is 1.95. The van der Waals surface area contributed by atoms with Crippen LogP contribution in [0.1, 0.15) is 33.6 Å². The van der Waals surface area contributed by atoms with Crippen LogP contribution >= 0.6 is 0 Å². The number of carbonyl (C=O) groups excluding carboxylic acids is 1. The number of rotatable bonds is 8. The summed E-state index contributed by atoms with van der Waals surface area (Å²) < 4.78 is 10.4. The molecule has 0 N–H and O–H groups in total. The molecule has 0 saturated heterocycles. The van der Waals surface area contributed by atoms with Crippen molar-refractivity contribution in [2.75, 3.05) is 19.8 Å². The quantitative estimate of drug-likeness (QED) is 0.582. The minimum absolute atomic E-state index is 0.0146. The van der Waals surface area contributed by atoms with Gasteiger partial charge in [0.2, 0.25) is 0 Å². The molecule has 0 saturated carbocycles. The van der Waals surface area contributed by atoms with Crippen LogP contribution in [-0.4, -0.2) is 31.7 Å². The molecular formula is C10H20O3. The van der Waals surface area contributed by atoms with E-state index < -0.39 is 0 Å². The Bertz CT molecular complexity index is 134. The van der Waals surface area contributed by atoms with Gasteiger partial charge in [-0.2, -0.15) is 0 Å². The van der Waals surface area contributed by atoms with Crippen molar-refractivity contribution < 1.29 is 14.3 Å². The highest BCUT2D eigenvalue weighted by molar-refractivity contribution is 5.79. The number of Topliss-reactive ketones (excluding diaryl/α,β-unsaturated/α-hetero) is 1. The van der Waals surface area contributed by atoms with Gasteiger partial charge >= 0.3 is 0 Å². The molecule has 0 aliphatic carbocycles. The molecule has 1 atom stereocenters. The second kappa shape index (κ2) is 8.20. The number of carbonyl (C=O) groups is 1. The lowest BCUT2D eigenvalue weighted by Crippen LogP contribution is -2.20. The molecule has 0 aromatic rings. The van der Waals surface area contributed by atoms with Gasteiger partial charge in [0.1, 0.15) is 6.61 Å². The molecule has 0 aliphatic rings. The maximum absolute atomic E-state index is 11.1. The van der Waals surface area contributed by atoms with Crippen LogP contribution in [0.5, 0.6) is 0 Å². The van der Waals surface area contributed by atoms with Gasteiger partial charge < -0.3 is 9.47 Å². The van der Waals surface area contributed by atoms with E-state index in [4.69, 9.17) is 9.47 Å². The van der Waals surface area contributed by atoms with E-state index in [1.54, 1.807) is 0 Å². The molecular weight excluding hydrogens is 168 g/mol. The molecule has 0 rings (SSSR count). The standard InChI is InChI=1S/C10H20O3/c1-4-6-10(11)8-13-9(3)7-12-5-2/h9H,4-8H2,1-3H3. The molecule has 78 valence electrons. The Balaban J connectivity index is 3.34. The number of hydrogen-bond acceptors (Lipinski definition) is 3. The van der Waals surface area contributed by atoms with Crippen LogP contribution < -0.4 is 0 Å². The van der Waals surface area contributed by atoms with Gasteiger partial charge in [-0.05, 0) is 20.3 Å². The van der Waals surface area contributed by atoms with Crippen molar-refractivity contribution in [2.45, 2.75) is 39.7 Å². The summed E-state index contributed by atoms with van der Waals surface area (Å²) in [6.07, 6.45) is 1.52. The molecule has 0 spiro atoms. The lowest BCUT2D eigenvalue weighted by molar-refractivity contribution is -0.126. The Labute approximate surface area is 80.4 Å². The molecule has 0 radical (unpaired) electrons. The summed E-state index contributed by atoms with van der Waals surface area (Å²) >= 11 is 0. The second-order valence-corrected chi connectivity index (χ2v) is 3.07. The lowest BCUT2D eigenvalue weighted by Gasteiger charge is -2.11. The average molecular weight is 188 g/mol. The SMILES string of the molecule is CCCC(=O)COC(C)COCC. The van der Waals surface area contributed by atoms with Gasteiger partial charge in [-0.15, -0.1) is 0 Å². The summed E-state index contributed by atoms with van der Waals surface area (Å²) in [6, 6.07) is 0. The number of ketones is 1. The maximum Gasteiger partial charge on any atom is 0.158 e. The second-order valence-electron chi connectivity index (χ2n) is 3.07. The van der Waals surface area contributed by atoms with E-state index in [1.807, 2.05) is 20.8 Å². The summed E-state index contributed by atoms with van der Waals surface area (Å²) in [5.74, 6) is 0.172. The third-order valence-corrected chi connectivity index (χ3v) is 1.61. The van der Waals surface area contributed by atoms with Crippen molar-refractivity contribution in [2.24, 2.45) is 0 Å². The van der Waals surface area contributed by atoms with E-state index in [9.17, 15) is 4.79 Å². The first kappa shape index (κ1) is 12.6. The maximum atomic E-state index is 11.1. The third kappa shape index (κ3) is 7.94. The zero-order valence-electron chi connectivity index (χ0n) is 8.84. The number of ether oxygens (including phenoxy) is 2. The molecule has 0 aromatic heterocycles. The van der Waals surface area contributed by atoms with Crippen molar-refractivity contribution in [3.8, 4) is 0 Å². The normalized spacial score (nSPS) is 12.8. The summed E-state index contributed by atoms with van der Waals surface area (Å²) in [7, 11) is 0.